The Kier molecular flexibility index (Phi) is 6.25. The van der Waals surface area contributed by atoms with E-state index in [2.05, 4.69) is 18.7 Å². The second-order valence-corrected chi connectivity index (χ2v) is 4.96. The van der Waals surface area contributed by atoms with Gasteiger partial charge in [-0.1, -0.05) is 39.5 Å². The van der Waals surface area contributed by atoms with Crippen molar-refractivity contribution in [2.45, 2.75) is 58.8 Å². The highest BCUT2D eigenvalue weighted by molar-refractivity contribution is 4.68. The third-order valence-corrected chi connectivity index (χ3v) is 3.32. The first-order chi connectivity index (χ1) is 6.83. The van der Waals surface area contributed by atoms with E-state index < -0.39 is 0 Å². The van der Waals surface area contributed by atoms with Crippen molar-refractivity contribution in [3.05, 3.63) is 0 Å². The van der Waals surface area contributed by atoms with Crippen LogP contribution in [0.15, 0.2) is 0 Å². The maximum Gasteiger partial charge on any atom is 0.000702 e. The lowest BCUT2D eigenvalue weighted by molar-refractivity contribution is 0.250. The average Bonchev–Trinajstić information content (AvgIpc) is 2.38. The molecule has 1 heterocycles. The summed E-state index contributed by atoms with van der Waals surface area (Å²) in [4.78, 5) is 2.69. The van der Waals surface area contributed by atoms with Gasteiger partial charge in [0.1, 0.15) is 0 Å². The number of hydrogen-bond acceptors (Lipinski definition) is 1. The van der Waals surface area contributed by atoms with E-state index in [4.69, 9.17) is 0 Å². The van der Waals surface area contributed by atoms with Crippen molar-refractivity contribution in [1.82, 2.24) is 4.90 Å². The van der Waals surface area contributed by atoms with Crippen molar-refractivity contribution in [2.75, 3.05) is 19.6 Å². The second kappa shape index (κ2) is 7.28. The van der Waals surface area contributed by atoms with E-state index in [1.54, 1.807) is 0 Å². The smallest absolute Gasteiger partial charge is 0.000702 e. The highest BCUT2D eigenvalue weighted by atomic mass is 15.1. The van der Waals surface area contributed by atoms with Crippen LogP contribution < -0.4 is 0 Å². The fourth-order valence-electron chi connectivity index (χ4n) is 2.42. The van der Waals surface area contributed by atoms with E-state index in [0.717, 1.165) is 5.92 Å². The van der Waals surface area contributed by atoms with Gasteiger partial charge < -0.3 is 4.90 Å². The van der Waals surface area contributed by atoms with Crippen LogP contribution in [-0.2, 0) is 0 Å². The first kappa shape index (κ1) is 12.0. The number of rotatable bonds is 5. The lowest BCUT2D eigenvalue weighted by Gasteiger charge is -2.22. The van der Waals surface area contributed by atoms with Crippen LogP contribution in [-0.4, -0.2) is 24.5 Å². The predicted molar refractivity (Wildman–Crippen MR) is 63.6 cm³/mol. The van der Waals surface area contributed by atoms with Crippen LogP contribution in [0.25, 0.3) is 0 Å². The minimum absolute atomic E-state index is 0.934. The number of unbranched alkanes of at least 4 members (excludes halogenated alkanes) is 3. The molecule has 1 aliphatic rings. The minimum atomic E-state index is 0.934. The van der Waals surface area contributed by atoms with E-state index in [0.29, 0.717) is 0 Å². The van der Waals surface area contributed by atoms with Crippen LogP contribution in [0.3, 0.4) is 0 Å². The minimum Gasteiger partial charge on any atom is -0.303 e. The summed E-state index contributed by atoms with van der Waals surface area (Å²) in [6, 6.07) is 0. The van der Waals surface area contributed by atoms with Gasteiger partial charge in [-0.25, -0.2) is 0 Å². The molecule has 0 aliphatic carbocycles. The molecule has 0 bridgehead atoms. The fraction of sp³-hybridized carbons (Fsp3) is 1.00. The van der Waals surface area contributed by atoms with Crippen molar-refractivity contribution in [3.63, 3.8) is 0 Å². The van der Waals surface area contributed by atoms with Gasteiger partial charge in [0.2, 0.25) is 0 Å². The first-order valence-electron chi connectivity index (χ1n) is 6.55. The summed E-state index contributed by atoms with van der Waals surface area (Å²) in [5, 5.41) is 0. The molecule has 1 nitrogen and oxygen atoms in total. The highest BCUT2D eigenvalue weighted by Gasteiger charge is 2.13. The summed E-state index contributed by atoms with van der Waals surface area (Å²) in [5.74, 6) is 0.934. The molecule has 0 radical (unpaired) electrons. The molecular weight excluding hydrogens is 170 g/mol. The molecule has 0 saturated carbocycles. The zero-order valence-corrected chi connectivity index (χ0v) is 10.1. The molecule has 0 aromatic rings. The standard InChI is InChI=1S/C13H27N/c1-3-4-5-7-10-14-11-8-6-9-13(2)12-14/h13H,3-12H2,1-2H3. The molecule has 1 heteroatoms. The molecule has 1 unspecified atom stereocenters. The summed E-state index contributed by atoms with van der Waals surface area (Å²) in [7, 11) is 0. The maximum absolute atomic E-state index is 2.69. The van der Waals surface area contributed by atoms with Gasteiger partial charge >= 0.3 is 0 Å². The van der Waals surface area contributed by atoms with Crippen molar-refractivity contribution in [2.24, 2.45) is 5.92 Å². The molecule has 1 saturated heterocycles. The molecule has 1 atom stereocenters. The Bertz CT molecular complexity index is 133. The zero-order chi connectivity index (χ0) is 10.2. The molecule has 0 amide bonds. The first-order valence-corrected chi connectivity index (χ1v) is 6.55. The molecule has 0 N–H and O–H groups in total. The average molecular weight is 197 g/mol. The molecule has 1 rings (SSSR count). The van der Waals surface area contributed by atoms with Crippen LogP contribution in [0.2, 0.25) is 0 Å². The SMILES string of the molecule is CCCCCCN1CCCCC(C)C1. The summed E-state index contributed by atoms with van der Waals surface area (Å²) < 4.78 is 0. The summed E-state index contributed by atoms with van der Waals surface area (Å²) >= 11 is 0. The normalized spacial score (nSPS) is 24.9. The van der Waals surface area contributed by atoms with Gasteiger partial charge in [-0.2, -0.15) is 0 Å². The number of likely N-dealkylation sites (tertiary alicyclic amines) is 1. The van der Waals surface area contributed by atoms with Gasteiger partial charge in [-0.15, -0.1) is 0 Å². The quantitative estimate of drug-likeness (QED) is 0.608. The summed E-state index contributed by atoms with van der Waals surface area (Å²) in [5.41, 5.74) is 0. The monoisotopic (exact) mass is 197 g/mol. The maximum atomic E-state index is 2.69. The van der Waals surface area contributed by atoms with Crippen LogP contribution in [0, 0.1) is 5.92 Å². The Labute approximate surface area is 89.9 Å². The number of nitrogens with zero attached hydrogens (tertiary/aromatic N) is 1. The van der Waals surface area contributed by atoms with E-state index in [9.17, 15) is 0 Å². The van der Waals surface area contributed by atoms with Gasteiger partial charge in [0.15, 0.2) is 0 Å². The second-order valence-electron chi connectivity index (χ2n) is 4.96. The van der Waals surface area contributed by atoms with Crippen LogP contribution in [0.4, 0.5) is 0 Å². The molecule has 0 aromatic carbocycles. The predicted octanol–water partition coefficient (Wildman–Crippen LogP) is 3.69. The third-order valence-electron chi connectivity index (χ3n) is 3.32. The fourth-order valence-corrected chi connectivity index (χ4v) is 2.42. The van der Waals surface area contributed by atoms with E-state index in [1.807, 2.05) is 0 Å². The molecule has 84 valence electrons. The Morgan fingerprint density at radius 1 is 1.14 bits per heavy atom. The molecule has 0 spiro atoms. The highest BCUT2D eigenvalue weighted by Crippen LogP contribution is 2.16. The topological polar surface area (TPSA) is 3.24 Å². The van der Waals surface area contributed by atoms with Crippen molar-refractivity contribution in [3.8, 4) is 0 Å². The lowest BCUT2D eigenvalue weighted by atomic mass is 10.1. The van der Waals surface area contributed by atoms with Gasteiger partial charge in [-0.3, -0.25) is 0 Å². The van der Waals surface area contributed by atoms with Gasteiger partial charge in [0.25, 0.3) is 0 Å². The lowest BCUT2D eigenvalue weighted by Crippen LogP contribution is -2.28. The van der Waals surface area contributed by atoms with Crippen LogP contribution in [0.5, 0.6) is 0 Å². The van der Waals surface area contributed by atoms with E-state index >= 15 is 0 Å². The molecular formula is C13H27N. The Hall–Kier alpha value is -0.0400. The molecule has 14 heavy (non-hydrogen) atoms. The van der Waals surface area contributed by atoms with Gasteiger partial charge in [0.05, 0.1) is 0 Å². The zero-order valence-electron chi connectivity index (χ0n) is 10.1. The third kappa shape index (κ3) is 4.99. The summed E-state index contributed by atoms with van der Waals surface area (Å²) in [6.45, 7) is 8.76. The Morgan fingerprint density at radius 3 is 2.79 bits per heavy atom. The van der Waals surface area contributed by atoms with E-state index in [-0.39, 0.29) is 0 Å². The molecule has 1 fully saturated rings. The largest absolute Gasteiger partial charge is 0.303 e. The Morgan fingerprint density at radius 2 is 2.00 bits per heavy atom. The van der Waals surface area contributed by atoms with Crippen LogP contribution in [0.1, 0.15) is 58.8 Å². The van der Waals surface area contributed by atoms with Crippen molar-refractivity contribution >= 4 is 0 Å². The van der Waals surface area contributed by atoms with E-state index in [1.165, 1.54) is 64.6 Å². The Balaban J connectivity index is 2.09. The van der Waals surface area contributed by atoms with Crippen LogP contribution >= 0.6 is 0 Å². The molecule has 0 aromatic heterocycles. The number of hydrogen-bond donors (Lipinski definition) is 0. The summed E-state index contributed by atoms with van der Waals surface area (Å²) in [6.07, 6.45) is 9.96. The van der Waals surface area contributed by atoms with Gasteiger partial charge in [-0.05, 0) is 38.3 Å². The van der Waals surface area contributed by atoms with Gasteiger partial charge in [0, 0.05) is 6.54 Å². The van der Waals surface area contributed by atoms with Crippen molar-refractivity contribution in [1.29, 1.82) is 0 Å². The molecule has 1 aliphatic heterocycles. The van der Waals surface area contributed by atoms with Crippen molar-refractivity contribution < 1.29 is 0 Å².